The minimum absolute atomic E-state index is 0.0388. The van der Waals surface area contributed by atoms with Crippen molar-refractivity contribution in [3.8, 4) is 0 Å². The van der Waals surface area contributed by atoms with Crippen LogP contribution in [0.5, 0.6) is 0 Å². The molecule has 0 amide bonds. The van der Waals surface area contributed by atoms with Crippen LogP contribution in [0.2, 0.25) is 0 Å². The fourth-order valence-corrected chi connectivity index (χ4v) is 2.97. The average molecular weight is 336 g/mol. The van der Waals surface area contributed by atoms with Crippen LogP contribution < -0.4 is 5.32 Å². The van der Waals surface area contributed by atoms with Crippen LogP contribution in [0.4, 0.5) is 10.1 Å². The molecule has 1 atom stereocenters. The standard InChI is InChI=1S/C16H15BrFNO/c17-14-9-12(18)5-6-15(14)19-10-16-13-4-2-1-3-11(13)7-8-20-16/h1-6,9,16,19H,7-8,10H2. The largest absolute Gasteiger partial charge is 0.381 e. The van der Waals surface area contributed by atoms with Gasteiger partial charge in [-0.25, -0.2) is 4.39 Å². The lowest BCUT2D eigenvalue weighted by atomic mass is 9.97. The first kappa shape index (κ1) is 13.6. The number of nitrogens with one attached hydrogen (secondary N) is 1. The van der Waals surface area contributed by atoms with E-state index in [1.54, 1.807) is 6.07 Å². The van der Waals surface area contributed by atoms with Crippen molar-refractivity contribution in [3.05, 3.63) is 63.9 Å². The molecule has 2 aromatic rings. The van der Waals surface area contributed by atoms with Crippen LogP contribution in [0.3, 0.4) is 0 Å². The molecule has 0 bridgehead atoms. The van der Waals surface area contributed by atoms with Crippen molar-refractivity contribution in [2.45, 2.75) is 12.5 Å². The molecule has 0 saturated carbocycles. The minimum atomic E-state index is -0.248. The maximum Gasteiger partial charge on any atom is 0.124 e. The van der Waals surface area contributed by atoms with Gasteiger partial charge in [-0.3, -0.25) is 0 Å². The minimum Gasteiger partial charge on any atom is -0.381 e. The summed E-state index contributed by atoms with van der Waals surface area (Å²) in [6.45, 7) is 1.41. The first-order valence-electron chi connectivity index (χ1n) is 6.62. The van der Waals surface area contributed by atoms with Gasteiger partial charge in [-0.05, 0) is 51.7 Å². The number of benzene rings is 2. The first-order chi connectivity index (χ1) is 9.74. The summed E-state index contributed by atoms with van der Waals surface area (Å²) in [5.41, 5.74) is 3.46. The Kier molecular flexibility index (Phi) is 4.03. The summed E-state index contributed by atoms with van der Waals surface area (Å²) in [5, 5.41) is 3.31. The third-order valence-electron chi connectivity index (χ3n) is 3.50. The van der Waals surface area contributed by atoms with Gasteiger partial charge >= 0.3 is 0 Å². The molecule has 3 rings (SSSR count). The van der Waals surface area contributed by atoms with E-state index in [-0.39, 0.29) is 11.9 Å². The monoisotopic (exact) mass is 335 g/mol. The highest BCUT2D eigenvalue weighted by Gasteiger charge is 2.20. The predicted molar refractivity (Wildman–Crippen MR) is 81.4 cm³/mol. The van der Waals surface area contributed by atoms with E-state index in [0.717, 1.165) is 23.2 Å². The van der Waals surface area contributed by atoms with Crippen molar-refractivity contribution in [1.82, 2.24) is 0 Å². The number of halogens is 2. The molecule has 0 radical (unpaired) electrons. The van der Waals surface area contributed by atoms with E-state index in [0.29, 0.717) is 6.54 Å². The third kappa shape index (κ3) is 2.86. The highest BCUT2D eigenvalue weighted by molar-refractivity contribution is 9.10. The van der Waals surface area contributed by atoms with Crippen molar-refractivity contribution in [3.63, 3.8) is 0 Å². The van der Waals surface area contributed by atoms with E-state index in [1.165, 1.54) is 23.3 Å². The highest BCUT2D eigenvalue weighted by Crippen LogP contribution is 2.29. The number of rotatable bonds is 3. The summed E-state index contributed by atoms with van der Waals surface area (Å²) in [5.74, 6) is -0.248. The predicted octanol–water partition coefficient (Wildman–Crippen LogP) is 4.31. The van der Waals surface area contributed by atoms with Crippen LogP contribution in [-0.2, 0) is 11.2 Å². The number of anilines is 1. The molecule has 1 aliphatic heterocycles. The molecule has 0 saturated heterocycles. The Morgan fingerprint density at radius 1 is 1.25 bits per heavy atom. The molecule has 1 aliphatic rings. The fraction of sp³-hybridized carbons (Fsp3) is 0.250. The van der Waals surface area contributed by atoms with Crippen LogP contribution in [-0.4, -0.2) is 13.2 Å². The van der Waals surface area contributed by atoms with Gasteiger partial charge in [0.25, 0.3) is 0 Å². The number of hydrogen-bond donors (Lipinski definition) is 1. The zero-order chi connectivity index (χ0) is 13.9. The van der Waals surface area contributed by atoms with Crippen molar-refractivity contribution < 1.29 is 9.13 Å². The van der Waals surface area contributed by atoms with Crippen LogP contribution in [0.25, 0.3) is 0 Å². The lowest BCUT2D eigenvalue weighted by Crippen LogP contribution is -2.22. The lowest BCUT2D eigenvalue weighted by molar-refractivity contribution is 0.0513. The molecular formula is C16H15BrFNO. The molecule has 4 heteroatoms. The van der Waals surface area contributed by atoms with Gasteiger partial charge in [-0.1, -0.05) is 24.3 Å². The average Bonchev–Trinajstić information content (AvgIpc) is 2.46. The second-order valence-corrected chi connectivity index (χ2v) is 5.67. The van der Waals surface area contributed by atoms with E-state index in [4.69, 9.17) is 4.74 Å². The van der Waals surface area contributed by atoms with E-state index in [2.05, 4.69) is 39.4 Å². The van der Waals surface area contributed by atoms with Crippen LogP contribution in [0.1, 0.15) is 17.2 Å². The van der Waals surface area contributed by atoms with Gasteiger partial charge in [0.05, 0.1) is 12.7 Å². The van der Waals surface area contributed by atoms with Crippen molar-refractivity contribution in [1.29, 1.82) is 0 Å². The molecule has 2 aromatic carbocycles. The zero-order valence-electron chi connectivity index (χ0n) is 10.9. The zero-order valence-corrected chi connectivity index (χ0v) is 12.5. The maximum atomic E-state index is 13.1. The van der Waals surface area contributed by atoms with Crippen LogP contribution >= 0.6 is 15.9 Å². The summed E-state index contributed by atoms with van der Waals surface area (Å²) in [6.07, 6.45) is 1.00. The van der Waals surface area contributed by atoms with Crippen LogP contribution in [0.15, 0.2) is 46.9 Å². The molecule has 2 nitrogen and oxygen atoms in total. The molecule has 0 spiro atoms. The molecule has 104 valence electrons. The second kappa shape index (κ2) is 5.94. The smallest absolute Gasteiger partial charge is 0.124 e. The Hall–Kier alpha value is -1.39. The van der Waals surface area contributed by atoms with Crippen LogP contribution in [0, 0.1) is 5.82 Å². The van der Waals surface area contributed by atoms with E-state index in [9.17, 15) is 4.39 Å². The highest BCUT2D eigenvalue weighted by atomic mass is 79.9. The quantitative estimate of drug-likeness (QED) is 0.902. The Bertz CT molecular complexity index is 617. The topological polar surface area (TPSA) is 21.3 Å². The van der Waals surface area contributed by atoms with Gasteiger partial charge in [0, 0.05) is 16.7 Å². The summed E-state index contributed by atoms with van der Waals surface area (Å²) < 4.78 is 19.6. The van der Waals surface area contributed by atoms with Gasteiger partial charge in [0.1, 0.15) is 5.82 Å². The lowest BCUT2D eigenvalue weighted by Gasteiger charge is -2.26. The Morgan fingerprint density at radius 2 is 2.10 bits per heavy atom. The number of hydrogen-bond acceptors (Lipinski definition) is 2. The van der Waals surface area contributed by atoms with Crippen molar-refractivity contribution >= 4 is 21.6 Å². The van der Waals surface area contributed by atoms with E-state index < -0.39 is 0 Å². The second-order valence-electron chi connectivity index (χ2n) is 4.81. The van der Waals surface area contributed by atoms with Gasteiger partial charge in [0.2, 0.25) is 0 Å². The molecule has 1 N–H and O–H groups in total. The Morgan fingerprint density at radius 3 is 2.95 bits per heavy atom. The molecule has 0 fully saturated rings. The molecule has 1 unspecified atom stereocenters. The van der Waals surface area contributed by atoms with Gasteiger partial charge in [-0.15, -0.1) is 0 Å². The molecule has 0 aliphatic carbocycles. The summed E-state index contributed by atoms with van der Waals surface area (Å²) in [6, 6.07) is 13.0. The summed E-state index contributed by atoms with van der Waals surface area (Å²) in [4.78, 5) is 0. The van der Waals surface area contributed by atoms with Crippen molar-refractivity contribution in [2.24, 2.45) is 0 Å². The van der Waals surface area contributed by atoms with E-state index in [1.807, 2.05) is 6.07 Å². The van der Waals surface area contributed by atoms with Gasteiger partial charge < -0.3 is 10.1 Å². The summed E-state index contributed by atoms with van der Waals surface area (Å²) in [7, 11) is 0. The Labute approximate surface area is 126 Å². The molecule has 20 heavy (non-hydrogen) atoms. The Balaban J connectivity index is 1.73. The van der Waals surface area contributed by atoms with Gasteiger partial charge in [-0.2, -0.15) is 0 Å². The molecule has 1 heterocycles. The third-order valence-corrected chi connectivity index (χ3v) is 4.16. The molecule has 0 aromatic heterocycles. The number of ether oxygens (including phenoxy) is 1. The number of fused-ring (bicyclic) bond motifs is 1. The molecular weight excluding hydrogens is 321 g/mol. The van der Waals surface area contributed by atoms with Crippen molar-refractivity contribution in [2.75, 3.05) is 18.5 Å². The first-order valence-corrected chi connectivity index (χ1v) is 7.41. The van der Waals surface area contributed by atoms with E-state index >= 15 is 0 Å². The fourth-order valence-electron chi connectivity index (χ4n) is 2.48. The van der Waals surface area contributed by atoms with Gasteiger partial charge in [0.15, 0.2) is 0 Å². The normalized spacial score (nSPS) is 17.6. The maximum absolute atomic E-state index is 13.1. The summed E-state index contributed by atoms with van der Waals surface area (Å²) >= 11 is 3.36. The SMILES string of the molecule is Fc1ccc(NCC2OCCc3ccccc32)c(Br)c1.